The van der Waals surface area contributed by atoms with Crippen LogP contribution in [-0.4, -0.2) is 60.9 Å². The van der Waals surface area contributed by atoms with E-state index in [1.165, 1.54) is 77.7 Å². The summed E-state index contributed by atoms with van der Waals surface area (Å²) >= 11 is 0. The molecule has 2 heterocycles. The number of hydrogen-bond donors (Lipinski definition) is 0. The Balaban J connectivity index is 0.000000168. The van der Waals surface area contributed by atoms with Gasteiger partial charge in [-0.3, -0.25) is 4.90 Å². The summed E-state index contributed by atoms with van der Waals surface area (Å²) in [5.41, 5.74) is 1.51. The second-order valence-corrected chi connectivity index (χ2v) is 20.9. The number of hydrogen-bond acceptors (Lipinski definition) is 2. The van der Waals surface area contributed by atoms with Crippen molar-refractivity contribution in [3.8, 4) is 0 Å². The highest BCUT2D eigenvalue weighted by atomic mass is 19.1. The minimum atomic E-state index is -0.528. The highest BCUT2D eigenvalue weighted by Gasteiger charge is 2.38. The van der Waals surface area contributed by atoms with Crippen molar-refractivity contribution in [1.29, 1.82) is 0 Å². The van der Waals surface area contributed by atoms with Gasteiger partial charge in [-0.15, -0.1) is 0 Å². The minimum absolute atomic E-state index is 0.177. The summed E-state index contributed by atoms with van der Waals surface area (Å²) < 4.78 is 25.8. The molecule has 6 aliphatic rings. The maximum atomic E-state index is 13.1. The number of alkyl halides is 2. The number of halogens is 2. The molecule has 0 aromatic heterocycles. The first-order valence-corrected chi connectivity index (χ1v) is 19.9. The smallest absolute Gasteiger partial charge is 0.103 e. The van der Waals surface area contributed by atoms with Gasteiger partial charge in [-0.25, -0.2) is 8.78 Å². The van der Waals surface area contributed by atoms with E-state index in [0.29, 0.717) is 28.1 Å². The fourth-order valence-electron chi connectivity index (χ4n) is 8.63. The molecule has 2 nitrogen and oxygen atoms in total. The lowest BCUT2D eigenvalue weighted by molar-refractivity contribution is 0.136. The lowest BCUT2D eigenvalue weighted by Gasteiger charge is -2.35. The Hall–Kier alpha value is -0.220. The van der Waals surface area contributed by atoms with E-state index < -0.39 is 12.3 Å². The van der Waals surface area contributed by atoms with E-state index in [1.54, 1.807) is 0 Å². The Morgan fingerprint density at radius 3 is 1.48 bits per heavy atom. The van der Waals surface area contributed by atoms with Crippen molar-refractivity contribution in [3.05, 3.63) is 0 Å². The van der Waals surface area contributed by atoms with Gasteiger partial charge in [-0.1, -0.05) is 89.5 Å². The molecule has 0 N–H and O–H groups in total. The first-order valence-electron chi connectivity index (χ1n) is 19.9. The molecule has 46 heavy (non-hydrogen) atoms. The second-order valence-electron chi connectivity index (χ2n) is 20.9. The molecule has 0 amide bonds. The standard InChI is InChI=1S/2C12H23N.2C9H17F/c1-12(2,3)11-6-7-13(9-11)8-10-4-5-10;1-12(2,3)11-5-4-8-13(11)9-10-6-7-10;1-9(2,3)7-4-5-8(10)6-7;1-9(2,3)7-5-4-6-8(7)10/h2*10-11H,4-9H2,1-3H3;2*7-8H,4-6H2,1-3H3. The van der Waals surface area contributed by atoms with Crippen LogP contribution in [0.15, 0.2) is 0 Å². The summed E-state index contributed by atoms with van der Waals surface area (Å²) in [5, 5.41) is 0. The Morgan fingerprint density at radius 1 is 0.522 bits per heavy atom. The third kappa shape index (κ3) is 14.0. The highest BCUT2D eigenvalue weighted by Crippen LogP contribution is 2.42. The molecular weight excluding hydrogens is 570 g/mol. The minimum Gasteiger partial charge on any atom is -0.303 e. The monoisotopic (exact) mass is 651 g/mol. The predicted octanol–water partition coefficient (Wildman–Crippen LogP) is 12.0. The van der Waals surface area contributed by atoms with Crippen LogP contribution in [0.2, 0.25) is 0 Å². The first kappa shape index (κ1) is 40.2. The molecule has 0 radical (unpaired) electrons. The molecule has 6 unspecified atom stereocenters. The van der Waals surface area contributed by atoms with Gasteiger partial charge in [0.25, 0.3) is 0 Å². The molecule has 6 fully saturated rings. The lowest BCUT2D eigenvalue weighted by Crippen LogP contribution is -2.40. The quantitative estimate of drug-likeness (QED) is 0.299. The largest absolute Gasteiger partial charge is 0.303 e. The van der Waals surface area contributed by atoms with Gasteiger partial charge >= 0.3 is 0 Å². The van der Waals surface area contributed by atoms with Crippen LogP contribution in [0.25, 0.3) is 0 Å². The zero-order valence-electron chi connectivity index (χ0n) is 33.0. The molecule has 4 heteroatoms. The molecule has 0 bridgehead atoms. The summed E-state index contributed by atoms with van der Waals surface area (Å²) in [7, 11) is 0. The van der Waals surface area contributed by atoms with Gasteiger partial charge in [0.1, 0.15) is 12.3 Å². The summed E-state index contributed by atoms with van der Waals surface area (Å²) in [6, 6.07) is 0.855. The maximum absolute atomic E-state index is 13.1. The van der Waals surface area contributed by atoms with E-state index >= 15 is 0 Å². The molecule has 0 aromatic carbocycles. The van der Waals surface area contributed by atoms with Crippen molar-refractivity contribution in [2.45, 2.75) is 185 Å². The van der Waals surface area contributed by atoms with Gasteiger partial charge in [0.05, 0.1) is 0 Å². The van der Waals surface area contributed by atoms with Gasteiger partial charge in [-0.05, 0) is 141 Å². The number of rotatable bonds is 4. The van der Waals surface area contributed by atoms with Gasteiger partial charge < -0.3 is 4.90 Å². The molecule has 2 saturated heterocycles. The summed E-state index contributed by atoms with van der Waals surface area (Å²) in [4.78, 5) is 5.44. The van der Waals surface area contributed by atoms with Gasteiger partial charge in [0.2, 0.25) is 0 Å². The average Bonchev–Trinajstić information content (AvgIpc) is 3.59. The van der Waals surface area contributed by atoms with Crippen molar-refractivity contribution < 1.29 is 8.78 Å². The van der Waals surface area contributed by atoms with Crippen LogP contribution >= 0.6 is 0 Å². The normalized spacial score (nSPS) is 32.7. The zero-order chi connectivity index (χ0) is 34.5. The van der Waals surface area contributed by atoms with Crippen LogP contribution in [0.5, 0.6) is 0 Å². The van der Waals surface area contributed by atoms with Crippen LogP contribution in [0, 0.1) is 51.2 Å². The van der Waals surface area contributed by atoms with Crippen LogP contribution < -0.4 is 0 Å². The van der Waals surface area contributed by atoms with E-state index in [2.05, 4.69) is 92.9 Å². The highest BCUT2D eigenvalue weighted by molar-refractivity contribution is 4.91. The van der Waals surface area contributed by atoms with Crippen molar-refractivity contribution in [2.24, 2.45) is 51.2 Å². The molecule has 4 saturated carbocycles. The van der Waals surface area contributed by atoms with Crippen molar-refractivity contribution in [2.75, 3.05) is 32.7 Å². The zero-order valence-corrected chi connectivity index (χ0v) is 33.0. The molecule has 0 spiro atoms. The maximum Gasteiger partial charge on any atom is 0.103 e. The molecular formula is C42H80F2N2. The number of nitrogens with zero attached hydrogens (tertiary/aromatic N) is 2. The summed E-state index contributed by atoms with van der Waals surface area (Å²) in [6.07, 6.45) is 14.9. The van der Waals surface area contributed by atoms with Crippen LogP contribution in [0.3, 0.4) is 0 Å². The van der Waals surface area contributed by atoms with Gasteiger partial charge in [0.15, 0.2) is 0 Å². The molecule has 6 atom stereocenters. The van der Waals surface area contributed by atoms with Crippen LogP contribution in [0.4, 0.5) is 8.78 Å². The van der Waals surface area contributed by atoms with Crippen LogP contribution in [-0.2, 0) is 0 Å². The average molecular weight is 651 g/mol. The molecule has 2 aliphatic heterocycles. The molecule has 272 valence electrons. The molecule has 6 rings (SSSR count). The van der Waals surface area contributed by atoms with Crippen LogP contribution in [0.1, 0.15) is 167 Å². The van der Waals surface area contributed by atoms with Gasteiger partial charge in [0, 0.05) is 25.7 Å². The Morgan fingerprint density at radius 2 is 1.11 bits per heavy atom. The van der Waals surface area contributed by atoms with E-state index in [4.69, 9.17) is 0 Å². The topological polar surface area (TPSA) is 6.48 Å². The third-order valence-corrected chi connectivity index (χ3v) is 12.4. The predicted molar refractivity (Wildman–Crippen MR) is 197 cm³/mol. The summed E-state index contributed by atoms with van der Waals surface area (Å²) in [6.45, 7) is 34.2. The second kappa shape index (κ2) is 16.7. The Kier molecular flexibility index (Phi) is 14.6. The number of likely N-dealkylation sites (tertiary alicyclic amines) is 2. The Labute approximate surface area is 287 Å². The van der Waals surface area contributed by atoms with Gasteiger partial charge in [-0.2, -0.15) is 0 Å². The SMILES string of the molecule is CC(C)(C)C1CCC(F)C1.CC(C)(C)C1CCCC1F.CC(C)(C)C1CCCN1CC1CC1.CC(C)(C)C1CCN(CC2CC2)C1. The Bertz CT molecular complexity index is 866. The van der Waals surface area contributed by atoms with E-state index in [9.17, 15) is 8.78 Å². The lowest BCUT2D eigenvalue weighted by atomic mass is 9.79. The fraction of sp³-hybridized carbons (Fsp3) is 1.00. The molecule has 0 aromatic rings. The first-order chi connectivity index (χ1) is 21.1. The van der Waals surface area contributed by atoms with E-state index in [-0.39, 0.29) is 5.41 Å². The van der Waals surface area contributed by atoms with Crippen molar-refractivity contribution >= 4 is 0 Å². The fourth-order valence-corrected chi connectivity index (χ4v) is 8.63. The van der Waals surface area contributed by atoms with Crippen molar-refractivity contribution in [1.82, 2.24) is 9.80 Å². The van der Waals surface area contributed by atoms with Crippen molar-refractivity contribution in [3.63, 3.8) is 0 Å². The van der Waals surface area contributed by atoms with E-state index in [0.717, 1.165) is 62.3 Å². The summed E-state index contributed by atoms with van der Waals surface area (Å²) in [5.74, 6) is 3.99. The third-order valence-electron chi connectivity index (χ3n) is 12.4. The van der Waals surface area contributed by atoms with E-state index in [1.807, 2.05) is 0 Å². The molecule has 4 aliphatic carbocycles.